The predicted octanol–water partition coefficient (Wildman–Crippen LogP) is 20.2. The highest BCUT2D eigenvalue weighted by Gasteiger charge is 2.44. The van der Waals surface area contributed by atoms with Crippen molar-refractivity contribution in [2.75, 3.05) is 0 Å². The summed E-state index contributed by atoms with van der Waals surface area (Å²) in [7, 11) is 0. The quantitative estimate of drug-likeness (QED) is 0.128. The van der Waals surface area contributed by atoms with E-state index in [9.17, 15) is 0 Å². The molecule has 3 aromatic heterocycles. The monoisotopic (exact) mass is 1130 g/mol. The van der Waals surface area contributed by atoms with Gasteiger partial charge in [-0.3, -0.25) is 4.98 Å². The van der Waals surface area contributed by atoms with Crippen molar-refractivity contribution in [2.45, 2.75) is 155 Å². The number of benzene rings is 10. The van der Waals surface area contributed by atoms with Crippen molar-refractivity contribution in [3.63, 3.8) is 0 Å². The highest BCUT2D eigenvalue weighted by atomic mass is 15.0. The van der Waals surface area contributed by atoms with Gasteiger partial charge in [-0.25, -0.2) is 0 Å². The van der Waals surface area contributed by atoms with Crippen LogP contribution in [0, 0.1) is 0 Å². The molecule has 0 spiro atoms. The highest BCUT2D eigenvalue weighted by Crippen LogP contribution is 2.53. The molecule has 0 fully saturated rings. The third-order valence-corrected chi connectivity index (χ3v) is 22.4. The molecule has 10 aromatic carbocycles. The molecule has 0 atom stereocenters. The van der Waals surface area contributed by atoms with Crippen LogP contribution in [0.15, 0.2) is 170 Å². The molecule has 13 aromatic rings. The van der Waals surface area contributed by atoms with E-state index in [1.54, 1.807) is 0 Å². The molecule has 0 saturated carbocycles. The number of pyridine rings is 1. The van der Waals surface area contributed by atoms with Crippen LogP contribution in [0.1, 0.15) is 156 Å². The third-order valence-electron chi connectivity index (χ3n) is 22.4. The van der Waals surface area contributed by atoms with Gasteiger partial charge in [0.15, 0.2) is 0 Å². The molecule has 2 aliphatic carbocycles. The molecule has 3 nitrogen and oxygen atoms in total. The summed E-state index contributed by atoms with van der Waals surface area (Å²) >= 11 is 0. The second-order valence-electron chi connectivity index (χ2n) is 31.6. The standard InChI is InChI=1S/C83H78BN3/c1-78(2,3)50-28-32-68-58(42-50)59-43-51(79(4,5)6)44-67-77(59)86(68)70-40-49(41-71-75(70)84(67)66-25-19-24-57-74-69(87(71)76(57)66)33-29-56-54-22-16-15-20-52(54)53-21-17-18-23-55(53)73(56)74)72-60(47-26-30-62-64(38-47)82(11,12)36-34-80(62,7)8)45-85-46-61(72)48-27-31-63-65(39-48)83(13,14)37-35-81(63,9)10/h15-33,38-46H,34-37H2,1-14H3. The molecule has 87 heavy (non-hydrogen) atoms. The van der Waals surface area contributed by atoms with Gasteiger partial charge in [0.2, 0.25) is 0 Å². The van der Waals surface area contributed by atoms with Crippen LogP contribution in [0.25, 0.3) is 121 Å². The van der Waals surface area contributed by atoms with E-state index in [1.165, 1.54) is 183 Å². The van der Waals surface area contributed by atoms with E-state index in [0.29, 0.717) is 0 Å². The lowest BCUT2D eigenvalue weighted by molar-refractivity contribution is 0.332. The lowest BCUT2D eigenvalue weighted by atomic mass is 9.34. The van der Waals surface area contributed by atoms with E-state index < -0.39 is 0 Å². The molecule has 17 rings (SSSR count). The molecular weight excluding hydrogens is 1050 g/mol. The predicted molar refractivity (Wildman–Crippen MR) is 374 cm³/mol. The molecule has 0 bridgehead atoms. The van der Waals surface area contributed by atoms with Crippen molar-refractivity contribution in [3.8, 4) is 44.8 Å². The summed E-state index contributed by atoms with van der Waals surface area (Å²) in [6, 6.07) is 63.1. The van der Waals surface area contributed by atoms with Gasteiger partial charge in [-0.05, 0) is 188 Å². The van der Waals surface area contributed by atoms with Crippen molar-refractivity contribution in [2.24, 2.45) is 0 Å². The minimum atomic E-state index is -0.0938. The Kier molecular flexibility index (Phi) is 10.6. The van der Waals surface area contributed by atoms with Crippen LogP contribution in [0.3, 0.4) is 0 Å². The molecule has 0 amide bonds. The molecule has 2 aliphatic heterocycles. The van der Waals surface area contributed by atoms with E-state index in [0.717, 1.165) is 12.8 Å². The summed E-state index contributed by atoms with van der Waals surface area (Å²) in [6.45, 7) is 33.9. The summed E-state index contributed by atoms with van der Waals surface area (Å²) in [5, 5.41) is 13.1. The number of nitrogens with zero attached hydrogens (tertiary/aromatic N) is 3. The number of hydrogen-bond acceptors (Lipinski definition) is 1. The second-order valence-corrected chi connectivity index (χ2v) is 31.6. The van der Waals surface area contributed by atoms with Gasteiger partial charge in [0.1, 0.15) is 0 Å². The first-order chi connectivity index (χ1) is 41.4. The van der Waals surface area contributed by atoms with Gasteiger partial charge < -0.3 is 9.13 Å². The van der Waals surface area contributed by atoms with Gasteiger partial charge in [-0.1, -0.05) is 218 Å². The summed E-state index contributed by atoms with van der Waals surface area (Å²) in [5.74, 6) is 0. The average Bonchev–Trinajstić information content (AvgIpc) is 1.56. The maximum atomic E-state index is 5.34. The second kappa shape index (κ2) is 17.3. The number of hydrogen-bond donors (Lipinski definition) is 0. The van der Waals surface area contributed by atoms with E-state index in [4.69, 9.17) is 4.98 Å². The van der Waals surface area contributed by atoms with E-state index in [2.05, 4.69) is 276 Å². The Morgan fingerprint density at radius 3 is 1.44 bits per heavy atom. The van der Waals surface area contributed by atoms with E-state index in [-0.39, 0.29) is 39.2 Å². The number of aromatic nitrogens is 3. The van der Waals surface area contributed by atoms with E-state index >= 15 is 0 Å². The van der Waals surface area contributed by atoms with Crippen molar-refractivity contribution in [1.82, 2.24) is 14.1 Å². The van der Waals surface area contributed by atoms with Crippen LogP contribution >= 0.6 is 0 Å². The Labute approximate surface area is 513 Å². The lowest BCUT2D eigenvalue weighted by Gasteiger charge is -2.42. The number of rotatable bonds is 3. The smallest absolute Gasteiger partial charge is 0.252 e. The molecule has 428 valence electrons. The van der Waals surface area contributed by atoms with Crippen molar-refractivity contribution in [1.29, 1.82) is 0 Å². The van der Waals surface area contributed by atoms with Crippen LogP contribution in [0.2, 0.25) is 0 Å². The third kappa shape index (κ3) is 7.28. The van der Waals surface area contributed by atoms with Gasteiger partial charge in [0, 0.05) is 78.4 Å². The normalized spacial score (nSPS) is 17.0. The van der Waals surface area contributed by atoms with Gasteiger partial charge in [-0.2, -0.15) is 0 Å². The molecule has 0 N–H and O–H groups in total. The molecule has 0 unspecified atom stereocenters. The Hall–Kier alpha value is -8.21. The topological polar surface area (TPSA) is 22.8 Å². The zero-order valence-electron chi connectivity index (χ0n) is 53.4. The van der Waals surface area contributed by atoms with Gasteiger partial charge in [-0.15, -0.1) is 0 Å². The van der Waals surface area contributed by atoms with Crippen molar-refractivity contribution < 1.29 is 0 Å². The average molecular weight is 1130 g/mol. The summed E-state index contributed by atoms with van der Waals surface area (Å²) in [6.07, 6.45) is 9.03. The summed E-state index contributed by atoms with van der Waals surface area (Å²) in [4.78, 5) is 5.34. The van der Waals surface area contributed by atoms with Gasteiger partial charge in [0.25, 0.3) is 6.71 Å². The van der Waals surface area contributed by atoms with Crippen LogP contribution in [-0.2, 0) is 32.5 Å². The highest BCUT2D eigenvalue weighted by molar-refractivity contribution is 7.00. The first-order valence-electron chi connectivity index (χ1n) is 32.3. The van der Waals surface area contributed by atoms with Crippen LogP contribution in [0.5, 0.6) is 0 Å². The molecule has 4 heteroatoms. The van der Waals surface area contributed by atoms with Crippen LogP contribution in [0.4, 0.5) is 0 Å². The fourth-order valence-corrected chi connectivity index (χ4v) is 17.2. The fourth-order valence-electron chi connectivity index (χ4n) is 17.2. The zero-order chi connectivity index (χ0) is 60.0. The first-order valence-corrected chi connectivity index (χ1v) is 32.3. The van der Waals surface area contributed by atoms with Crippen LogP contribution < -0.4 is 16.4 Å². The SMILES string of the molecule is CC(C)(C)c1ccc2c(c1)c1cc(C(C)(C)C)cc3c1n2-c1cc(-c2c(-c4ccc5c(c4)C(C)(C)CCC5(C)C)cncc2-c2ccc4c(c2)C(C)(C)CCC4(C)C)cc2c1B3c1cccc3c4c5c6ccccc6c6ccccc6c5ccc4n-2c13. The Morgan fingerprint density at radius 2 is 0.862 bits per heavy atom. The largest absolute Gasteiger partial charge is 0.310 e. The molecule has 4 aliphatic rings. The summed E-state index contributed by atoms with van der Waals surface area (Å²) in [5.41, 5.74) is 27.6. The van der Waals surface area contributed by atoms with Crippen molar-refractivity contribution in [3.05, 3.63) is 203 Å². The van der Waals surface area contributed by atoms with E-state index in [1.807, 2.05) is 0 Å². The molecular formula is C83H78BN3. The minimum Gasteiger partial charge on any atom is -0.310 e. The minimum absolute atomic E-state index is 0.0257. The van der Waals surface area contributed by atoms with Crippen LogP contribution in [-0.4, -0.2) is 20.8 Å². The Morgan fingerprint density at radius 1 is 0.379 bits per heavy atom. The number of para-hydroxylation sites is 1. The van der Waals surface area contributed by atoms with Crippen molar-refractivity contribution >= 4 is 99.0 Å². The molecule has 0 radical (unpaired) electrons. The first kappa shape index (κ1) is 53.1. The Balaban J connectivity index is 1.06. The summed E-state index contributed by atoms with van der Waals surface area (Å²) < 4.78 is 5.42. The molecule has 0 saturated heterocycles. The number of fused-ring (bicyclic) bond motifs is 19. The lowest BCUT2D eigenvalue weighted by Crippen LogP contribution is -2.59. The maximum absolute atomic E-state index is 5.34. The molecule has 5 heterocycles. The zero-order valence-corrected chi connectivity index (χ0v) is 53.4. The Bertz CT molecular complexity index is 5110. The maximum Gasteiger partial charge on any atom is 0.252 e. The fraction of sp³-hybridized carbons (Fsp3) is 0.289. The van der Waals surface area contributed by atoms with Gasteiger partial charge >= 0.3 is 0 Å². The van der Waals surface area contributed by atoms with Gasteiger partial charge in [0.05, 0.1) is 11.0 Å².